The summed E-state index contributed by atoms with van der Waals surface area (Å²) in [6.07, 6.45) is -4.60. The lowest BCUT2D eigenvalue weighted by atomic mass is 10.1. The van der Waals surface area contributed by atoms with Crippen LogP contribution in [0.25, 0.3) is 5.69 Å². The van der Waals surface area contributed by atoms with Gasteiger partial charge >= 0.3 is 6.18 Å². The van der Waals surface area contributed by atoms with Crippen molar-refractivity contribution in [1.29, 1.82) is 0 Å². The number of rotatable bonds is 2. The molecule has 0 saturated carbocycles. The average molecular weight is 431 g/mol. The summed E-state index contributed by atoms with van der Waals surface area (Å²) in [5.74, 6) is -0.580. The van der Waals surface area contributed by atoms with Gasteiger partial charge in [-0.05, 0) is 32.9 Å². The van der Waals surface area contributed by atoms with Crippen molar-refractivity contribution in [3.05, 3.63) is 57.5 Å². The molecule has 2 aromatic rings. The van der Waals surface area contributed by atoms with Gasteiger partial charge in [0.05, 0.1) is 11.3 Å². The standard InChI is InChI=1S/C19H21F3N4O2.ClH/c1-11-10-16(27)17(18(28)25-9-8-23-12(2)13(25)3)24-26(11)15-7-5-4-6-14(15)19(20,21)22;/h4-7,10,12-13,23H,8-9H2,1-3H3;1H. The maximum absolute atomic E-state index is 13.4. The Morgan fingerprint density at radius 3 is 2.55 bits per heavy atom. The molecule has 3 rings (SSSR count). The van der Waals surface area contributed by atoms with E-state index in [0.717, 1.165) is 16.8 Å². The SMILES string of the molecule is Cc1cc(=O)c(C(=O)N2CCNC(C)C2C)nn1-c1ccccc1C(F)(F)F.Cl. The zero-order valence-corrected chi connectivity index (χ0v) is 17.0. The van der Waals surface area contributed by atoms with Gasteiger partial charge in [-0.1, -0.05) is 12.1 Å². The number of hydrogen-bond acceptors (Lipinski definition) is 4. The van der Waals surface area contributed by atoms with Gasteiger partial charge < -0.3 is 10.2 Å². The van der Waals surface area contributed by atoms with E-state index in [1.54, 1.807) is 0 Å². The van der Waals surface area contributed by atoms with Crippen LogP contribution >= 0.6 is 12.4 Å². The molecule has 1 fully saturated rings. The van der Waals surface area contributed by atoms with Crippen LogP contribution in [0.15, 0.2) is 35.1 Å². The van der Waals surface area contributed by atoms with E-state index in [-0.39, 0.29) is 41.6 Å². The Balaban J connectivity index is 0.00000300. The molecule has 0 aliphatic carbocycles. The van der Waals surface area contributed by atoms with Crippen LogP contribution in [0.5, 0.6) is 0 Å². The van der Waals surface area contributed by atoms with E-state index >= 15 is 0 Å². The quantitative estimate of drug-likeness (QED) is 0.795. The lowest BCUT2D eigenvalue weighted by molar-refractivity contribution is -0.137. The van der Waals surface area contributed by atoms with Crippen LogP contribution in [0.2, 0.25) is 0 Å². The smallest absolute Gasteiger partial charge is 0.332 e. The summed E-state index contributed by atoms with van der Waals surface area (Å²) < 4.78 is 41.2. The molecule has 29 heavy (non-hydrogen) atoms. The monoisotopic (exact) mass is 430 g/mol. The number of aromatic nitrogens is 2. The summed E-state index contributed by atoms with van der Waals surface area (Å²) in [5, 5.41) is 7.27. The number of hydrogen-bond donors (Lipinski definition) is 1. The van der Waals surface area contributed by atoms with Gasteiger partial charge in [0.1, 0.15) is 0 Å². The van der Waals surface area contributed by atoms with Crippen molar-refractivity contribution >= 4 is 18.3 Å². The Morgan fingerprint density at radius 1 is 1.24 bits per heavy atom. The van der Waals surface area contributed by atoms with Crippen LogP contribution in [0.1, 0.15) is 35.6 Å². The van der Waals surface area contributed by atoms with Crippen LogP contribution in [0.3, 0.4) is 0 Å². The fourth-order valence-corrected chi connectivity index (χ4v) is 3.32. The highest BCUT2D eigenvalue weighted by molar-refractivity contribution is 5.92. The van der Waals surface area contributed by atoms with Crippen LogP contribution < -0.4 is 10.7 Å². The van der Waals surface area contributed by atoms with Gasteiger partial charge in [0.25, 0.3) is 5.91 Å². The van der Waals surface area contributed by atoms with Crippen molar-refractivity contribution in [1.82, 2.24) is 20.0 Å². The fraction of sp³-hybridized carbons (Fsp3) is 0.421. The highest BCUT2D eigenvalue weighted by atomic mass is 35.5. The van der Waals surface area contributed by atoms with Crippen LogP contribution in [0.4, 0.5) is 13.2 Å². The minimum absolute atomic E-state index is 0. The number of piperazine rings is 1. The third-order valence-corrected chi connectivity index (χ3v) is 5.04. The minimum Gasteiger partial charge on any atom is -0.332 e. The molecule has 1 aliphatic heterocycles. The molecule has 6 nitrogen and oxygen atoms in total. The van der Waals surface area contributed by atoms with E-state index in [1.165, 1.54) is 30.0 Å². The molecular formula is C19H22ClF3N4O2. The molecule has 1 aromatic heterocycles. The maximum Gasteiger partial charge on any atom is 0.418 e. The van der Waals surface area contributed by atoms with Gasteiger partial charge in [-0.15, -0.1) is 12.4 Å². The van der Waals surface area contributed by atoms with Crippen molar-refractivity contribution in [3.63, 3.8) is 0 Å². The number of halogens is 4. The minimum atomic E-state index is -4.60. The molecule has 2 heterocycles. The molecule has 2 atom stereocenters. The third-order valence-electron chi connectivity index (χ3n) is 5.04. The van der Waals surface area contributed by atoms with E-state index in [1.807, 2.05) is 13.8 Å². The Labute approximate surface area is 172 Å². The van der Waals surface area contributed by atoms with E-state index in [2.05, 4.69) is 10.4 Å². The van der Waals surface area contributed by atoms with Crippen molar-refractivity contribution in [2.75, 3.05) is 13.1 Å². The Hall–Kier alpha value is -2.39. The molecule has 0 spiro atoms. The number of nitrogens with zero attached hydrogens (tertiary/aromatic N) is 3. The lowest BCUT2D eigenvalue weighted by Crippen LogP contribution is -2.57. The molecule has 2 unspecified atom stereocenters. The van der Waals surface area contributed by atoms with Gasteiger partial charge in [-0.3, -0.25) is 9.59 Å². The number of carbonyl (C=O) groups is 1. The molecule has 158 valence electrons. The van der Waals surface area contributed by atoms with Gasteiger partial charge in [0.15, 0.2) is 5.69 Å². The largest absolute Gasteiger partial charge is 0.418 e. The van der Waals surface area contributed by atoms with E-state index in [4.69, 9.17) is 0 Å². The van der Waals surface area contributed by atoms with Crippen molar-refractivity contribution in [3.8, 4) is 5.69 Å². The van der Waals surface area contributed by atoms with Crippen LogP contribution in [0, 0.1) is 6.92 Å². The number of amides is 1. The normalized spacial score (nSPS) is 19.6. The summed E-state index contributed by atoms with van der Waals surface area (Å²) in [7, 11) is 0. The van der Waals surface area contributed by atoms with Crippen LogP contribution in [-0.2, 0) is 6.18 Å². The van der Waals surface area contributed by atoms with Gasteiger partial charge in [-0.2, -0.15) is 18.3 Å². The number of para-hydroxylation sites is 1. The fourth-order valence-electron chi connectivity index (χ4n) is 3.32. The summed E-state index contributed by atoms with van der Waals surface area (Å²) in [6.45, 7) is 6.20. The Morgan fingerprint density at radius 2 is 1.90 bits per heavy atom. The molecule has 0 radical (unpaired) electrons. The second kappa shape index (κ2) is 8.54. The highest BCUT2D eigenvalue weighted by Crippen LogP contribution is 2.33. The predicted molar refractivity (Wildman–Crippen MR) is 105 cm³/mol. The highest BCUT2D eigenvalue weighted by Gasteiger charge is 2.35. The zero-order chi connectivity index (χ0) is 20.6. The number of benzene rings is 1. The second-order valence-corrected chi connectivity index (χ2v) is 6.91. The van der Waals surface area contributed by atoms with Crippen molar-refractivity contribution in [2.45, 2.75) is 39.0 Å². The molecule has 1 saturated heterocycles. The van der Waals surface area contributed by atoms with Crippen LogP contribution in [-0.4, -0.2) is 45.8 Å². The third kappa shape index (κ3) is 4.45. The average Bonchev–Trinajstić information content (AvgIpc) is 2.63. The molecule has 1 aliphatic rings. The number of alkyl halides is 3. The second-order valence-electron chi connectivity index (χ2n) is 6.91. The topological polar surface area (TPSA) is 67.2 Å². The molecule has 1 amide bonds. The summed E-state index contributed by atoms with van der Waals surface area (Å²) in [4.78, 5) is 26.9. The molecule has 0 bridgehead atoms. The number of nitrogens with one attached hydrogen (secondary N) is 1. The van der Waals surface area contributed by atoms with E-state index in [0.29, 0.717) is 13.1 Å². The molecule has 1 N–H and O–H groups in total. The van der Waals surface area contributed by atoms with Gasteiger partial charge in [0, 0.05) is 36.9 Å². The van der Waals surface area contributed by atoms with Gasteiger partial charge in [0.2, 0.25) is 5.43 Å². The number of aryl methyl sites for hydroxylation is 1. The maximum atomic E-state index is 13.4. The van der Waals surface area contributed by atoms with E-state index in [9.17, 15) is 22.8 Å². The Bertz CT molecular complexity index is 961. The first-order chi connectivity index (χ1) is 13.1. The van der Waals surface area contributed by atoms with Crippen molar-refractivity contribution < 1.29 is 18.0 Å². The molecule has 1 aromatic carbocycles. The zero-order valence-electron chi connectivity index (χ0n) is 16.2. The van der Waals surface area contributed by atoms with Gasteiger partial charge in [-0.25, -0.2) is 4.68 Å². The van der Waals surface area contributed by atoms with Crippen molar-refractivity contribution in [2.24, 2.45) is 0 Å². The summed E-state index contributed by atoms with van der Waals surface area (Å²) in [6, 6.07) is 5.92. The first-order valence-electron chi connectivity index (χ1n) is 8.93. The first kappa shape index (κ1) is 22.9. The van der Waals surface area contributed by atoms with E-state index < -0.39 is 23.1 Å². The molecular weight excluding hydrogens is 409 g/mol. The predicted octanol–water partition coefficient (Wildman–Crippen LogP) is 2.80. The molecule has 10 heteroatoms. The summed E-state index contributed by atoms with van der Waals surface area (Å²) in [5.41, 5.74) is -1.91. The lowest BCUT2D eigenvalue weighted by Gasteiger charge is -2.38. The Kier molecular flexibility index (Phi) is 6.74. The first-order valence-corrected chi connectivity index (χ1v) is 8.93. The summed E-state index contributed by atoms with van der Waals surface area (Å²) >= 11 is 0. The number of carbonyl (C=O) groups excluding carboxylic acids is 1.